The summed E-state index contributed by atoms with van der Waals surface area (Å²) in [5.74, 6) is 0.0230. The summed E-state index contributed by atoms with van der Waals surface area (Å²) in [5.41, 5.74) is 3.12. The second-order valence-electron chi connectivity index (χ2n) is 6.00. The van der Waals surface area contributed by atoms with Crippen LogP contribution in [0.2, 0.25) is 5.02 Å². The maximum Gasteiger partial charge on any atom is 0.257 e. The van der Waals surface area contributed by atoms with Gasteiger partial charge in [0.25, 0.3) is 5.91 Å². The lowest BCUT2D eigenvalue weighted by molar-refractivity contribution is -0.130. The van der Waals surface area contributed by atoms with Gasteiger partial charge in [-0.1, -0.05) is 29.8 Å². The van der Waals surface area contributed by atoms with Crippen LogP contribution in [-0.2, 0) is 16.0 Å². The third-order valence-corrected chi connectivity index (χ3v) is 4.88. The van der Waals surface area contributed by atoms with Crippen molar-refractivity contribution in [1.82, 2.24) is 4.98 Å². The van der Waals surface area contributed by atoms with Gasteiger partial charge >= 0.3 is 0 Å². The summed E-state index contributed by atoms with van der Waals surface area (Å²) >= 11 is 6.24. The molecule has 0 aliphatic carbocycles. The minimum atomic E-state index is -0.478. The van der Waals surface area contributed by atoms with E-state index in [1.54, 1.807) is 12.4 Å². The first-order valence-electron chi connectivity index (χ1n) is 8.09. The third-order valence-electron chi connectivity index (χ3n) is 4.59. The van der Waals surface area contributed by atoms with Gasteiger partial charge in [0.1, 0.15) is 0 Å². The summed E-state index contributed by atoms with van der Waals surface area (Å²) < 4.78 is 5.77. The van der Waals surface area contributed by atoms with Gasteiger partial charge in [0.15, 0.2) is 6.10 Å². The molecule has 24 heavy (non-hydrogen) atoms. The van der Waals surface area contributed by atoms with Crippen molar-refractivity contribution in [3.05, 3.63) is 53.3 Å². The predicted octanol–water partition coefficient (Wildman–Crippen LogP) is 2.53. The fourth-order valence-electron chi connectivity index (χ4n) is 3.38. The Balaban J connectivity index is 1.53. The van der Waals surface area contributed by atoms with Gasteiger partial charge < -0.3 is 14.5 Å². The Kier molecular flexibility index (Phi) is 4.12. The maximum atomic E-state index is 13.0. The zero-order chi connectivity index (χ0) is 16.5. The van der Waals surface area contributed by atoms with E-state index in [1.807, 2.05) is 29.2 Å². The van der Waals surface area contributed by atoms with Crippen molar-refractivity contribution in [3.63, 3.8) is 0 Å². The fourth-order valence-corrected chi connectivity index (χ4v) is 3.62. The molecule has 1 unspecified atom stereocenters. The van der Waals surface area contributed by atoms with Crippen molar-refractivity contribution in [2.24, 2.45) is 0 Å². The molecule has 0 radical (unpaired) electrons. The lowest BCUT2D eigenvalue weighted by atomic mass is 10.1. The summed E-state index contributed by atoms with van der Waals surface area (Å²) in [4.78, 5) is 20.9. The molecule has 2 aliphatic heterocycles. The molecule has 124 valence electrons. The van der Waals surface area contributed by atoms with Gasteiger partial charge in [0.2, 0.25) is 0 Å². The number of para-hydroxylation sites is 1. The van der Waals surface area contributed by atoms with Crippen LogP contribution in [0.1, 0.15) is 5.56 Å². The molecule has 3 heterocycles. The second-order valence-corrected chi connectivity index (χ2v) is 6.41. The van der Waals surface area contributed by atoms with Gasteiger partial charge in [-0.25, -0.2) is 0 Å². The van der Waals surface area contributed by atoms with Crippen LogP contribution in [0.4, 0.5) is 11.4 Å². The van der Waals surface area contributed by atoms with Crippen LogP contribution in [0.5, 0.6) is 0 Å². The predicted molar refractivity (Wildman–Crippen MR) is 93.7 cm³/mol. The number of carbonyl (C=O) groups excluding carboxylic acids is 1. The lowest BCUT2D eigenvalue weighted by Gasteiger charge is -2.35. The number of morpholine rings is 1. The number of rotatable bonds is 2. The number of anilines is 2. The van der Waals surface area contributed by atoms with E-state index >= 15 is 0 Å². The van der Waals surface area contributed by atoms with Gasteiger partial charge in [-0.2, -0.15) is 0 Å². The average molecular weight is 344 g/mol. The lowest BCUT2D eigenvalue weighted by Crippen LogP contribution is -2.51. The van der Waals surface area contributed by atoms with E-state index in [2.05, 4.69) is 16.0 Å². The van der Waals surface area contributed by atoms with Crippen LogP contribution in [0.25, 0.3) is 0 Å². The number of carbonyl (C=O) groups is 1. The fraction of sp³-hybridized carbons (Fsp3) is 0.333. The monoisotopic (exact) mass is 343 g/mol. The quantitative estimate of drug-likeness (QED) is 0.840. The Morgan fingerprint density at radius 2 is 2.08 bits per heavy atom. The minimum Gasteiger partial charge on any atom is -0.365 e. The molecule has 0 bridgehead atoms. The van der Waals surface area contributed by atoms with Crippen molar-refractivity contribution in [1.29, 1.82) is 0 Å². The van der Waals surface area contributed by atoms with E-state index in [0.717, 1.165) is 17.8 Å². The van der Waals surface area contributed by atoms with Crippen LogP contribution in [0.3, 0.4) is 0 Å². The van der Waals surface area contributed by atoms with E-state index in [-0.39, 0.29) is 5.91 Å². The maximum absolute atomic E-state index is 13.0. The summed E-state index contributed by atoms with van der Waals surface area (Å²) in [7, 11) is 0. The molecular formula is C18H18ClN3O2. The van der Waals surface area contributed by atoms with Crippen LogP contribution >= 0.6 is 11.6 Å². The smallest absolute Gasteiger partial charge is 0.257 e. The van der Waals surface area contributed by atoms with Crippen molar-refractivity contribution < 1.29 is 9.53 Å². The van der Waals surface area contributed by atoms with Crippen LogP contribution in [0, 0.1) is 0 Å². The summed E-state index contributed by atoms with van der Waals surface area (Å²) in [6, 6.07) is 9.93. The van der Waals surface area contributed by atoms with E-state index in [4.69, 9.17) is 16.3 Å². The molecule has 1 atom stereocenters. The molecule has 1 aromatic heterocycles. The van der Waals surface area contributed by atoms with Crippen molar-refractivity contribution in [2.75, 3.05) is 36.0 Å². The molecule has 1 aromatic carbocycles. The summed E-state index contributed by atoms with van der Waals surface area (Å²) in [6.07, 6.45) is 3.76. The number of halogens is 1. The molecule has 1 amide bonds. The Morgan fingerprint density at radius 1 is 1.21 bits per heavy atom. The van der Waals surface area contributed by atoms with Gasteiger partial charge in [-0.3, -0.25) is 9.78 Å². The zero-order valence-electron chi connectivity index (χ0n) is 13.2. The molecule has 5 nitrogen and oxygen atoms in total. The van der Waals surface area contributed by atoms with Gasteiger partial charge in [-0.15, -0.1) is 0 Å². The SMILES string of the molecule is O=C(C1CN(c2ccncc2Cl)CCO1)N1CCc2ccccc21. The van der Waals surface area contributed by atoms with Crippen LogP contribution < -0.4 is 9.80 Å². The van der Waals surface area contributed by atoms with Crippen molar-refractivity contribution in [2.45, 2.75) is 12.5 Å². The molecule has 1 saturated heterocycles. The highest BCUT2D eigenvalue weighted by Crippen LogP contribution is 2.30. The normalized spacial score (nSPS) is 20.1. The van der Waals surface area contributed by atoms with Gasteiger partial charge in [0, 0.05) is 31.2 Å². The molecule has 0 spiro atoms. The number of aromatic nitrogens is 1. The topological polar surface area (TPSA) is 45.7 Å². The van der Waals surface area contributed by atoms with Gasteiger partial charge in [-0.05, 0) is 24.1 Å². The number of hydrogen-bond donors (Lipinski definition) is 0. The third kappa shape index (κ3) is 2.74. The first kappa shape index (κ1) is 15.4. The van der Waals surface area contributed by atoms with E-state index in [1.165, 1.54) is 5.56 Å². The molecule has 2 aliphatic rings. The number of hydrogen-bond acceptors (Lipinski definition) is 4. The molecule has 2 aromatic rings. The summed E-state index contributed by atoms with van der Waals surface area (Å²) in [5, 5.41) is 0.595. The van der Waals surface area contributed by atoms with E-state index in [9.17, 15) is 4.79 Å². The van der Waals surface area contributed by atoms with Crippen molar-refractivity contribution in [3.8, 4) is 0 Å². The molecule has 6 heteroatoms. The molecule has 1 fully saturated rings. The number of amides is 1. The number of ether oxygens (including phenoxy) is 1. The van der Waals surface area contributed by atoms with Crippen LogP contribution in [0.15, 0.2) is 42.7 Å². The molecular weight excluding hydrogens is 326 g/mol. The Bertz CT molecular complexity index is 767. The highest BCUT2D eigenvalue weighted by atomic mass is 35.5. The van der Waals surface area contributed by atoms with Crippen molar-refractivity contribution >= 4 is 28.9 Å². The number of nitrogens with zero attached hydrogens (tertiary/aromatic N) is 3. The highest BCUT2D eigenvalue weighted by molar-refractivity contribution is 6.33. The molecule has 4 rings (SSSR count). The largest absolute Gasteiger partial charge is 0.365 e. The molecule has 0 saturated carbocycles. The van der Waals surface area contributed by atoms with E-state index in [0.29, 0.717) is 31.3 Å². The Hall–Kier alpha value is -2.11. The zero-order valence-corrected chi connectivity index (χ0v) is 13.9. The Labute approximate surface area is 145 Å². The number of fused-ring (bicyclic) bond motifs is 1. The van der Waals surface area contributed by atoms with E-state index < -0.39 is 6.10 Å². The molecule has 0 N–H and O–H groups in total. The summed E-state index contributed by atoms with van der Waals surface area (Å²) in [6.45, 7) is 2.43. The standard InChI is InChI=1S/C18H18ClN3O2/c19-14-11-20-7-5-16(14)21-9-10-24-17(12-21)18(23)22-8-6-13-3-1-2-4-15(13)22/h1-5,7,11,17H,6,8-10,12H2. The minimum absolute atomic E-state index is 0.0230. The first-order valence-corrected chi connectivity index (χ1v) is 8.47. The van der Waals surface area contributed by atoms with Crippen LogP contribution in [-0.4, -0.2) is 43.2 Å². The number of benzene rings is 1. The number of pyridine rings is 1. The van der Waals surface area contributed by atoms with Gasteiger partial charge in [0.05, 0.1) is 23.9 Å². The highest BCUT2D eigenvalue weighted by Gasteiger charge is 2.34. The second kappa shape index (κ2) is 6.42. The Morgan fingerprint density at radius 3 is 2.96 bits per heavy atom. The first-order chi connectivity index (χ1) is 11.7. The average Bonchev–Trinajstić information content (AvgIpc) is 3.06.